The number of hydrogen-bond donors (Lipinski definition) is 3. The summed E-state index contributed by atoms with van der Waals surface area (Å²) in [6, 6.07) is 12.3. The van der Waals surface area contributed by atoms with Gasteiger partial charge in [0.1, 0.15) is 0 Å². The number of nitrogens with zero attached hydrogens (tertiary/aromatic N) is 2. The molecule has 2 aromatic heterocycles. The molecule has 6 nitrogen and oxygen atoms in total. The molecular formula is C22H27N5O. The predicted octanol–water partition coefficient (Wildman–Crippen LogP) is 3.42. The van der Waals surface area contributed by atoms with Gasteiger partial charge in [-0.05, 0) is 31.4 Å². The van der Waals surface area contributed by atoms with Crippen LogP contribution in [0, 0.1) is 5.41 Å². The molecular weight excluding hydrogens is 350 g/mol. The molecule has 4 rings (SSSR count). The maximum Gasteiger partial charge on any atom is 0.252 e. The van der Waals surface area contributed by atoms with Crippen LogP contribution >= 0.6 is 0 Å². The minimum Gasteiger partial charge on any atom is -0.379 e. The van der Waals surface area contributed by atoms with Crippen molar-refractivity contribution in [2.45, 2.75) is 45.2 Å². The number of carbonyl (C=O) groups excluding carboxylic acids is 1. The van der Waals surface area contributed by atoms with Crippen LogP contribution in [-0.4, -0.2) is 27.1 Å². The summed E-state index contributed by atoms with van der Waals surface area (Å²) in [5.41, 5.74) is 15.9. The van der Waals surface area contributed by atoms with Gasteiger partial charge in [-0.15, -0.1) is 0 Å². The van der Waals surface area contributed by atoms with E-state index in [0.29, 0.717) is 5.56 Å². The van der Waals surface area contributed by atoms with Crippen LogP contribution in [0.4, 0.5) is 5.69 Å². The van der Waals surface area contributed by atoms with Gasteiger partial charge < -0.3 is 16.8 Å². The summed E-state index contributed by atoms with van der Waals surface area (Å²) in [6.07, 6.45) is 5.35. The molecule has 1 amide bonds. The molecule has 1 fully saturated rings. The predicted molar refractivity (Wildman–Crippen MR) is 112 cm³/mol. The van der Waals surface area contributed by atoms with Crippen LogP contribution < -0.4 is 16.8 Å². The number of nitrogens with two attached hydrogens (primary N) is 2. The van der Waals surface area contributed by atoms with Crippen LogP contribution in [0.5, 0.6) is 0 Å². The average molecular weight is 377 g/mol. The molecule has 0 aliphatic heterocycles. The summed E-state index contributed by atoms with van der Waals surface area (Å²) in [6.45, 7) is 6.44. The molecule has 1 aromatic carbocycles. The van der Waals surface area contributed by atoms with Gasteiger partial charge in [0.25, 0.3) is 5.91 Å². The Morgan fingerprint density at radius 2 is 1.93 bits per heavy atom. The van der Waals surface area contributed by atoms with Gasteiger partial charge in [-0.25, -0.2) is 4.52 Å². The van der Waals surface area contributed by atoms with Crippen LogP contribution in [0.25, 0.3) is 16.6 Å². The molecule has 6 heteroatoms. The zero-order chi connectivity index (χ0) is 20.1. The van der Waals surface area contributed by atoms with E-state index in [1.54, 1.807) is 4.52 Å². The largest absolute Gasteiger partial charge is 0.379 e. The number of amides is 1. The number of primary amides is 1. The SMILES string of the molecule is CC1(C)[C@H](Nc2c(C(N)=O)cnn3cc(-c4ccccc4)cc23)CC[C@]1(C)N. The van der Waals surface area contributed by atoms with Crippen molar-refractivity contribution in [3.05, 3.63) is 54.4 Å². The highest BCUT2D eigenvalue weighted by molar-refractivity contribution is 6.02. The number of aromatic nitrogens is 2. The molecule has 2 atom stereocenters. The first-order valence-electron chi connectivity index (χ1n) is 9.63. The summed E-state index contributed by atoms with van der Waals surface area (Å²) >= 11 is 0. The van der Waals surface area contributed by atoms with Crippen molar-refractivity contribution in [2.75, 3.05) is 5.32 Å². The number of nitrogens with one attached hydrogen (secondary N) is 1. The molecule has 5 N–H and O–H groups in total. The third kappa shape index (κ3) is 2.85. The molecule has 0 radical (unpaired) electrons. The number of hydrogen-bond acceptors (Lipinski definition) is 4. The molecule has 146 valence electrons. The minimum atomic E-state index is -0.494. The van der Waals surface area contributed by atoms with Crippen molar-refractivity contribution in [3.63, 3.8) is 0 Å². The Kier molecular flexibility index (Phi) is 4.19. The van der Waals surface area contributed by atoms with Gasteiger partial charge in [-0.1, -0.05) is 44.2 Å². The fraction of sp³-hybridized carbons (Fsp3) is 0.364. The molecule has 1 saturated carbocycles. The smallest absolute Gasteiger partial charge is 0.252 e. The molecule has 3 aromatic rings. The zero-order valence-corrected chi connectivity index (χ0v) is 16.6. The zero-order valence-electron chi connectivity index (χ0n) is 16.6. The summed E-state index contributed by atoms with van der Waals surface area (Å²) in [7, 11) is 0. The van der Waals surface area contributed by atoms with Crippen molar-refractivity contribution in [3.8, 4) is 11.1 Å². The van der Waals surface area contributed by atoms with Crippen LogP contribution in [0.15, 0.2) is 48.8 Å². The molecule has 2 heterocycles. The second-order valence-electron chi connectivity index (χ2n) is 8.60. The molecule has 1 aliphatic carbocycles. The van der Waals surface area contributed by atoms with Gasteiger partial charge in [-0.3, -0.25) is 4.79 Å². The van der Waals surface area contributed by atoms with Crippen molar-refractivity contribution < 1.29 is 4.79 Å². The quantitative estimate of drug-likeness (QED) is 0.649. The van der Waals surface area contributed by atoms with E-state index in [1.807, 2.05) is 30.5 Å². The standard InChI is InChI=1S/C22H27N5O/c1-21(2)18(9-10-22(21,3)24)26-19-16(20(23)28)12-25-27-13-15(11-17(19)27)14-7-5-4-6-8-14/h4-8,11-13,18,26H,9-10,24H2,1-3H3,(H2,23,28)/t18-,22+/m1/s1. The van der Waals surface area contributed by atoms with Crippen molar-refractivity contribution in [1.29, 1.82) is 0 Å². The summed E-state index contributed by atoms with van der Waals surface area (Å²) < 4.78 is 1.79. The first-order valence-corrected chi connectivity index (χ1v) is 9.63. The van der Waals surface area contributed by atoms with Crippen molar-refractivity contribution >= 4 is 17.1 Å². The first-order chi connectivity index (χ1) is 13.2. The Morgan fingerprint density at radius 3 is 2.54 bits per heavy atom. The van der Waals surface area contributed by atoms with E-state index < -0.39 is 5.91 Å². The van der Waals surface area contributed by atoms with Crippen molar-refractivity contribution in [2.24, 2.45) is 16.9 Å². The van der Waals surface area contributed by atoms with E-state index in [9.17, 15) is 4.79 Å². The highest BCUT2D eigenvalue weighted by Crippen LogP contribution is 2.46. The summed E-state index contributed by atoms with van der Waals surface area (Å²) in [5.74, 6) is -0.494. The molecule has 28 heavy (non-hydrogen) atoms. The van der Waals surface area contributed by atoms with Crippen LogP contribution in [0.2, 0.25) is 0 Å². The molecule has 1 aliphatic rings. The third-order valence-electron chi connectivity index (χ3n) is 6.62. The Hall–Kier alpha value is -2.86. The van der Waals surface area contributed by atoms with Crippen LogP contribution in [0.3, 0.4) is 0 Å². The molecule has 0 bridgehead atoms. The first kappa shape index (κ1) is 18.5. The Balaban J connectivity index is 1.83. The fourth-order valence-corrected chi connectivity index (χ4v) is 4.14. The van der Waals surface area contributed by atoms with E-state index in [1.165, 1.54) is 6.20 Å². The van der Waals surface area contributed by atoms with Gasteiger partial charge in [0, 0.05) is 28.8 Å². The molecule has 0 saturated heterocycles. The Bertz CT molecular complexity index is 1040. The highest BCUT2D eigenvalue weighted by Gasteiger charge is 2.49. The second-order valence-corrected chi connectivity index (χ2v) is 8.60. The maximum atomic E-state index is 12.1. The number of anilines is 1. The molecule has 0 spiro atoms. The van der Waals surface area contributed by atoms with Crippen molar-refractivity contribution in [1.82, 2.24) is 9.61 Å². The average Bonchev–Trinajstić information content (AvgIpc) is 3.17. The van der Waals surface area contributed by atoms with E-state index in [0.717, 1.165) is 35.2 Å². The monoisotopic (exact) mass is 377 g/mol. The minimum absolute atomic E-state index is 0.127. The highest BCUT2D eigenvalue weighted by atomic mass is 16.1. The number of rotatable bonds is 4. The van der Waals surface area contributed by atoms with E-state index in [4.69, 9.17) is 11.5 Å². The molecule has 0 unspecified atom stereocenters. The second kappa shape index (κ2) is 6.34. The lowest BCUT2D eigenvalue weighted by Crippen LogP contribution is -2.51. The van der Waals surface area contributed by atoms with Gasteiger partial charge in [0.2, 0.25) is 0 Å². The lowest BCUT2D eigenvalue weighted by Gasteiger charge is -2.39. The van der Waals surface area contributed by atoms with E-state index in [-0.39, 0.29) is 17.0 Å². The Labute approximate surface area is 164 Å². The van der Waals surface area contributed by atoms with Crippen LogP contribution in [-0.2, 0) is 0 Å². The lowest BCUT2D eigenvalue weighted by molar-refractivity contribution is 0.100. The van der Waals surface area contributed by atoms with E-state index >= 15 is 0 Å². The Morgan fingerprint density at radius 1 is 1.21 bits per heavy atom. The lowest BCUT2D eigenvalue weighted by atomic mass is 9.75. The number of carbonyl (C=O) groups is 1. The van der Waals surface area contributed by atoms with Gasteiger partial charge >= 0.3 is 0 Å². The topological polar surface area (TPSA) is 98.4 Å². The number of fused-ring (bicyclic) bond motifs is 1. The van der Waals surface area contributed by atoms with Gasteiger partial charge in [0.05, 0.1) is 23.0 Å². The number of benzene rings is 1. The van der Waals surface area contributed by atoms with Crippen LogP contribution in [0.1, 0.15) is 44.0 Å². The normalized spacial score (nSPS) is 23.8. The van der Waals surface area contributed by atoms with Gasteiger partial charge in [-0.2, -0.15) is 5.10 Å². The maximum absolute atomic E-state index is 12.1. The summed E-state index contributed by atoms with van der Waals surface area (Å²) in [4.78, 5) is 12.1. The van der Waals surface area contributed by atoms with Gasteiger partial charge in [0.15, 0.2) is 0 Å². The fourth-order valence-electron chi connectivity index (χ4n) is 4.14. The van der Waals surface area contributed by atoms with E-state index in [2.05, 4.69) is 43.3 Å². The summed E-state index contributed by atoms with van der Waals surface area (Å²) in [5, 5.41) is 8.00. The third-order valence-corrected chi connectivity index (χ3v) is 6.62.